The normalized spacial score (nSPS) is 11.2. The number of nitrogens with one attached hydrogen (secondary N) is 2. The number of hydrogen-bond donors (Lipinski definition) is 2. The molecule has 0 saturated heterocycles. The van der Waals surface area contributed by atoms with Gasteiger partial charge in [-0.2, -0.15) is 0 Å². The van der Waals surface area contributed by atoms with Gasteiger partial charge in [-0.1, -0.05) is 48.0 Å². The van der Waals surface area contributed by atoms with Gasteiger partial charge in [0.2, 0.25) is 0 Å². The van der Waals surface area contributed by atoms with Crippen molar-refractivity contribution in [3.8, 4) is 5.69 Å². The van der Waals surface area contributed by atoms with Crippen LogP contribution in [-0.4, -0.2) is 23.9 Å². The van der Waals surface area contributed by atoms with E-state index in [1.165, 1.54) is 30.3 Å². The van der Waals surface area contributed by atoms with Crippen molar-refractivity contribution in [2.45, 2.75) is 18.4 Å². The fourth-order valence-electron chi connectivity index (χ4n) is 3.38. The average molecular weight is 481 g/mol. The van der Waals surface area contributed by atoms with Gasteiger partial charge in [-0.05, 0) is 48.9 Å². The third kappa shape index (κ3) is 5.08. The summed E-state index contributed by atoms with van der Waals surface area (Å²) < 4.78 is 29.4. The van der Waals surface area contributed by atoms with Crippen LogP contribution in [0.5, 0.6) is 0 Å². The number of amides is 1. The quantitative estimate of drug-likeness (QED) is 0.405. The molecule has 1 heterocycles. The van der Waals surface area contributed by atoms with Gasteiger partial charge in [0.15, 0.2) is 0 Å². The highest BCUT2D eigenvalue weighted by Crippen LogP contribution is 2.24. The molecule has 4 aromatic rings. The van der Waals surface area contributed by atoms with Gasteiger partial charge in [0, 0.05) is 18.9 Å². The van der Waals surface area contributed by atoms with E-state index in [4.69, 9.17) is 11.6 Å². The smallest absolute Gasteiger partial charge is 0.261 e. The first-order valence-corrected chi connectivity index (χ1v) is 11.9. The number of benzene rings is 3. The number of hydrogen-bond acceptors (Lipinski definition) is 4. The monoisotopic (exact) mass is 480 g/mol. The molecule has 0 unspecified atom stereocenters. The van der Waals surface area contributed by atoms with Crippen molar-refractivity contribution in [1.82, 2.24) is 14.9 Å². The lowest BCUT2D eigenvalue weighted by Gasteiger charge is -2.14. The van der Waals surface area contributed by atoms with Crippen molar-refractivity contribution in [3.05, 3.63) is 107 Å². The molecule has 0 radical (unpaired) electrons. The predicted molar refractivity (Wildman–Crippen MR) is 128 cm³/mol. The lowest BCUT2D eigenvalue weighted by atomic mass is 10.1. The van der Waals surface area contributed by atoms with Crippen molar-refractivity contribution in [2.24, 2.45) is 0 Å². The van der Waals surface area contributed by atoms with Gasteiger partial charge >= 0.3 is 0 Å². The highest BCUT2D eigenvalue weighted by molar-refractivity contribution is 7.92. The predicted octanol–water partition coefficient (Wildman–Crippen LogP) is 4.56. The van der Waals surface area contributed by atoms with Gasteiger partial charge in [-0.15, -0.1) is 0 Å². The number of aromatic nitrogens is 2. The molecule has 0 spiro atoms. The molecule has 0 atom stereocenters. The summed E-state index contributed by atoms with van der Waals surface area (Å²) in [5, 5.41) is 3.01. The summed E-state index contributed by atoms with van der Waals surface area (Å²) in [5.41, 5.74) is 2.34. The van der Waals surface area contributed by atoms with Crippen molar-refractivity contribution < 1.29 is 13.2 Å². The lowest BCUT2D eigenvalue weighted by Crippen LogP contribution is -2.24. The summed E-state index contributed by atoms with van der Waals surface area (Å²) in [6.45, 7) is 2.19. The van der Waals surface area contributed by atoms with Crippen molar-refractivity contribution in [3.63, 3.8) is 0 Å². The van der Waals surface area contributed by atoms with E-state index in [-0.39, 0.29) is 33.6 Å². The van der Waals surface area contributed by atoms with Gasteiger partial charge in [-0.25, -0.2) is 13.4 Å². The van der Waals surface area contributed by atoms with Gasteiger partial charge in [0.25, 0.3) is 15.9 Å². The van der Waals surface area contributed by atoms with Gasteiger partial charge in [0.1, 0.15) is 5.82 Å². The molecule has 0 aliphatic heterocycles. The van der Waals surface area contributed by atoms with E-state index in [2.05, 4.69) is 15.0 Å². The molecule has 4 rings (SSSR count). The van der Waals surface area contributed by atoms with Crippen LogP contribution in [-0.2, 0) is 16.6 Å². The molecule has 0 aliphatic carbocycles. The zero-order valence-electron chi connectivity index (χ0n) is 17.7. The van der Waals surface area contributed by atoms with Crippen LogP contribution in [0.15, 0.2) is 90.1 Å². The summed E-state index contributed by atoms with van der Waals surface area (Å²) in [5.74, 6) is 0.472. The Labute approximate surface area is 197 Å². The van der Waals surface area contributed by atoms with Gasteiger partial charge in [0.05, 0.1) is 26.9 Å². The molecule has 0 aliphatic rings. The number of imidazole rings is 1. The Morgan fingerprint density at radius 2 is 1.76 bits per heavy atom. The van der Waals surface area contributed by atoms with Crippen molar-refractivity contribution >= 4 is 33.2 Å². The lowest BCUT2D eigenvalue weighted by molar-refractivity contribution is 0.0951. The molecule has 7 nitrogen and oxygen atoms in total. The molecule has 168 valence electrons. The number of nitrogens with zero attached hydrogens (tertiary/aromatic N) is 2. The summed E-state index contributed by atoms with van der Waals surface area (Å²) in [7, 11) is -3.76. The van der Waals surface area contributed by atoms with Crippen LogP contribution in [0.25, 0.3) is 5.69 Å². The van der Waals surface area contributed by atoms with E-state index in [0.717, 1.165) is 17.1 Å². The number of carbonyl (C=O) groups is 1. The highest BCUT2D eigenvalue weighted by atomic mass is 35.5. The molecule has 2 N–H and O–H groups in total. The first kappa shape index (κ1) is 22.6. The van der Waals surface area contributed by atoms with Crippen molar-refractivity contribution in [1.29, 1.82) is 0 Å². The fraction of sp³-hybridized carbons (Fsp3) is 0.0833. The zero-order valence-corrected chi connectivity index (χ0v) is 19.3. The molecular formula is C24H21ClN4O3S. The number of rotatable bonds is 7. The van der Waals surface area contributed by atoms with Crippen LogP contribution >= 0.6 is 11.6 Å². The van der Waals surface area contributed by atoms with E-state index in [0.29, 0.717) is 0 Å². The summed E-state index contributed by atoms with van der Waals surface area (Å²) in [6.07, 6.45) is 3.58. The summed E-state index contributed by atoms with van der Waals surface area (Å²) >= 11 is 6.31. The standard InChI is InChI=1S/C24H21ClN4O3S/c1-17-26-13-14-29(17)23-10-6-5-7-18(23)16-27-24(30)21-12-11-19(15-22(21)25)28-33(31,32)20-8-3-2-4-9-20/h2-15,28H,16H2,1H3,(H,27,30). The summed E-state index contributed by atoms with van der Waals surface area (Å²) in [4.78, 5) is 17.2. The van der Waals surface area contributed by atoms with Crippen LogP contribution in [0.3, 0.4) is 0 Å². The maximum absolute atomic E-state index is 12.8. The average Bonchev–Trinajstić information content (AvgIpc) is 3.23. The number of anilines is 1. The van der Waals surface area contributed by atoms with E-state index >= 15 is 0 Å². The zero-order chi connectivity index (χ0) is 23.4. The van der Waals surface area contributed by atoms with Crippen LogP contribution < -0.4 is 10.0 Å². The minimum absolute atomic E-state index is 0.134. The van der Waals surface area contributed by atoms with Crippen LogP contribution in [0, 0.1) is 6.92 Å². The topological polar surface area (TPSA) is 93.1 Å². The molecule has 0 saturated carbocycles. The van der Waals surface area contributed by atoms with E-state index in [1.54, 1.807) is 24.4 Å². The number of para-hydroxylation sites is 1. The third-order valence-electron chi connectivity index (χ3n) is 5.04. The van der Waals surface area contributed by atoms with Crippen LogP contribution in [0.2, 0.25) is 5.02 Å². The minimum Gasteiger partial charge on any atom is -0.348 e. The van der Waals surface area contributed by atoms with Crippen molar-refractivity contribution in [2.75, 3.05) is 4.72 Å². The highest BCUT2D eigenvalue weighted by Gasteiger charge is 2.16. The Morgan fingerprint density at radius 1 is 1.03 bits per heavy atom. The molecule has 9 heteroatoms. The number of halogens is 1. The van der Waals surface area contributed by atoms with Gasteiger partial charge in [-0.3, -0.25) is 9.52 Å². The first-order valence-electron chi connectivity index (χ1n) is 10.1. The van der Waals surface area contributed by atoms with E-state index in [9.17, 15) is 13.2 Å². The summed E-state index contributed by atoms with van der Waals surface area (Å²) in [6, 6.07) is 20.1. The number of sulfonamides is 1. The third-order valence-corrected chi connectivity index (χ3v) is 6.75. The van der Waals surface area contributed by atoms with Gasteiger partial charge < -0.3 is 9.88 Å². The molecule has 0 bridgehead atoms. The maximum Gasteiger partial charge on any atom is 0.261 e. The Hall–Kier alpha value is -3.62. The fourth-order valence-corrected chi connectivity index (χ4v) is 4.71. The molecule has 1 aromatic heterocycles. The van der Waals surface area contributed by atoms with E-state index < -0.39 is 10.0 Å². The Morgan fingerprint density at radius 3 is 2.45 bits per heavy atom. The SMILES string of the molecule is Cc1nccn1-c1ccccc1CNC(=O)c1ccc(NS(=O)(=O)c2ccccc2)cc1Cl. The maximum atomic E-state index is 12.8. The Balaban J connectivity index is 1.48. The minimum atomic E-state index is -3.76. The second-order valence-corrected chi connectivity index (χ2v) is 9.36. The molecule has 33 heavy (non-hydrogen) atoms. The first-order chi connectivity index (χ1) is 15.8. The number of aryl methyl sites for hydroxylation is 1. The van der Waals surface area contributed by atoms with Crippen LogP contribution in [0.4, 0.5) is 5.69 Å². The van der Waals surface area contributed by atoms with Crippen LogP contribution in [0.1, 0.15) is 21.7 Å². The molecule has 0 fully saturated rings. The second-order valence-electron chi connectivity index (χ2n) is 7.27. The molecular weight excluding hydrogens is 460 g/mol. The molecule has 1 amide bonds. The number of carbonyl (C=O) groups excluding carboxylic acids is 1. The van der Waals surface area contributed by atoms with E-state index in [1.807, 2.05) is 42.0 Å². The second kappa shape index (κ2) is 9.48. The largest absolute Gasteiger partial charge is 0.348 e. The molecule has 3 aromatic carbocycles. The Kier molecular flexibility index (Phi) is 6.48. The Bertz CT molecular complexity index is 1400.